The number of rotatable bonds is 4. The van der Waals surface area contributed by atoms with E-state index in [-0.39, 0.29) is 18.4 Å². The highest BCUT2D eigenvalue weighted by Gasteiger charge is 2.17. The van der Waals surface area contributed by atoms with Crippen LogP contribution in [0.5, 0.6) is 0 Å². The molecule has 1 unspecified atom stereocenters. The zero-order valence-corrected chi connectivity index (χ0v) is 13.5. The Morgan fingerprint density at radius 2 is 2.15 bits per heavy atom. The summed E-state index contributed by atoms with van der Waals surface area (Å²) >= 11 is 3.20. The molecule has 0 saturated carbocycles. The highest BCUT2D eigenvalue weighted by Crippen LogP contribution is 2.16. The summed E-state index contributed by atoms with van der Waals surface area (Å²) in [5, 5.41) is 2.57. The predicted octanol–water partition coefficient (Wildman–Crippen LogP) is 2.98. The molecule has 1 aromatic carbocycles. The molecule has 6 heteroatoms. The molecule has 0 fully saturated rings. The van der Waals surface area contributed by atoms with Crippen LogP contribution in [-0.4, -0.2) is 24.3 Å². The normalized spacial score (nSPS) is 12.9. The van der Waals surface area contributed by atoms with E-state index in [2.05, 4.69) is 21.2 Å². The van der Waals surface area contributed by atoms with Crippen molar-refractivity contribution < 1.29 is 13.9 Å². The average molecular weight is 347 g/mol. The monoisotopic (exact) mass is 346 g/mol. The van der Waals surface area contributed by atoms with Gasteiger partial charge in [-0.15, -0.1) is 0 Å². The molecule has 20 heavy (non-hydrogen) atoms. The molecule has 0 aliphatic heterocycles. The van der Waals surface area contributed by atoms with Gasteiger partial charge in [0.2, 0.25) is 0 Å². The number of nitrogens with one attached hydrogen (secondary N) is 1. The summed E-state index contributed by atoms with van der Waals surface area (Å²) in [7, 11) is 0. The number of ether oxygens (including phenoxy) is 1. The highest BCUT2D eigenvalue weighted by atomic mass is 79.9. The molecule has 0 spiro atoms. The predicted molar refractivity (Wildman–Crippen MR) is 80.0 cm³/mol. The summed E-state index contributed by atoms with van der Waals surface area (Å²) < 4.78 is 19.4. The van der Waals surface area contributed by atoms with Gasteiger partial charge >= 0.3 is 6.09 Å². The summed E-state index contributed by atoms with van der Waals surface area (Å²) in [6, 6.07) is 4.45. The number of benzene rings is 1. The summed E-state index contributed by atoms with van der Waals surface area (Å²) in [5.74, 6) is -0.313. The second-order valence-corrected chi connectivity index (χ2v) is 6.50. The average Bonchev–Trinajstić information content (AvgIpc) is 2.28. The second kappa shape index (κ2) is 7.04. The van der Waals surface area contributed by atoms with Gasteiger partial charge in [0.15, 0.2) is 0 Å². The molecule has 0 aliphatic carbocycles. The van der Waals surface area contributed by atoms with Gasteiger partial charge in [0, 0.05) is 17.1 Å². The van der Waals surface area contributed by atoms with Crippen LogP contribution in [0, 0.1) is 5.82 Å². The fourth-order valence-electron chi connectivity index (χ4n) is 1.57. The molecule has 0 aromatic heterocycles. The molecule has 0 heterocycles. The minimum absolute atomic E-state index is 0.227. The first kappa shape index (κ1) is 16.9. The van der Waals surface area contributed by atoms with Crippen LogP contribution in [0.15, 0.2) is 22.7 Å². The Bertz CT molecular complexity index is 475. The lowest BCUT2D eigenvalue weighted by Crippen LogP contribution is -2.41. The molecule has 0 radical (unpaired) electrons. The largest absolute Gasteiger partial charge is 0.444 e. The first-order valence-corrected chi connectivity index (χ1v) is 7.13. The van der Waals surface area contributed by atoms with Gasteiger partial charge in [-0.1, -0.05) is 22.0 Å². The van der Waals surface area contributed by atoms with Crippen LogP contribution in [0.25, 0.3) is 0 Å². The Morgan fingerprint density at radius 1 is 1.50 bits per heavy atom. The number of halogens is 2. The Labute approximate surface area is 127 Å². The van der Waals surface area contributed by atoms with Crippen molar-refractivity contribution in [3.8, 4) is 0 Å². The maximum atomic E-state index is 13.6. The van der Waals surface area contributed by atoms with Crippen LogP contribution in [0.2, 0.25) is 0 Å². The van der Waals surface area contributed by atoms with Gasteiger partial charge in [0.05, 0.1) is 0 Å². The van der Waals surface area contributed by atoms with Gasteiger partial charge in [-0.2, -0.15) is 0 Å². The summed E-state index contributed by atoms with van der Waals surface area (Å²) in [5.41, 5.74) is 5.85. The van der Waals surface area contributed by atoms with E-state index in [1.165, 1.54) is 6.07 Å². The lowest BCUT2D eigenvalue weighted by Gasteiger charge is -2.20. The van der Waals surface area contributed by atoms with Crippen molar-refractivity contribution in [1.82, 2.24) is 5.32 Å². The van der Waals surface area contributed by atoms with E-state index in [1.54, 1.807) is 32.9 Å². The van der Waals surface area contributed by atoms with Crippen molar-refractivity contribution in [3.05, 3.63) is 34.1 Å². The second-order valence-electron chi connectivity index (χ2n) is 5.58. The number of hydrogen-bond acceptors (Lipinski definition) is 3. The van der Waals surface area contributed by atoms with Gasteiger partial charge < -0.3 is 15.8 Å². The SMILES string of the molecule is CC(C)(C)OC(=O)NCC(N)Cc1ccc(Br)cc1F. The standard InChI is InChI=1S/C14H20BrFN2O2/c1-14(2,3)20-13(19)18-8-11(17)6-9-4-5-10(15)7-12(9)16/h4-5,7,11H,6,8,17H2,1-3H3,(H,18,19). The fraction of sp³-hybridized carbons (Fsp3) is 0.500. The third-order valence-corrected chi connectivity index (χ3v) is 2.90. The van der Waals surface area contributed by atoms with Crippen LogP contribution in [-0.2, 0) is 11.2 Å². The van der Waals surface area contributed by atoms with E-state index in [0.717, 1.165) is 0 Å². The van der Waals surface area contributed by atoms with E-state index < -0.39 is 11.7 Å². The van der Waals surface area contributed by atoms with Crippen molar-refractivity contribution in [2.75, 3.05) is 6.54 Å². The molecule has 1 aromatic rings. The topological polar surface area (TPSA) is 64.3 Å². The van der Waals surface area contributed by atoms with Gasteiger partial charge in [0.25, 0.3) is 0 Å². The molecular formula is C14H20BrFN2O2. The summed E-state index contributed by atoms with van der Waals surface area (Å²) in [4.78, 5) is 11.5. The van der Waals surface area contributed by atoms with Gasteiger partial charge in [-0.25, -0.2) is 9.18 Å². The molecule has 4 nitrogen and oxygen atoms in total. The van der Waals surface area contributed by atoms with Crippen LogP contribution in [0.3, 0.4) is 0 Å². The molecule has 112 valence electrons. The lowest BCUT2D eigenvalue weighted by molar-refractivity contribution is 0.0524. The number of carbonyl (C=O) groups is 1. The third kappa shape index (κ3) is 6.34. The van der Waals surface area contributed by atoms with Crippen LogP contribution >= 0.6 is 15.9 Å². The number of hydrogen-bond donors (Lipinski definition) is 2. The van der Waals surface area contributed by atoms with Gasteiger partial charge in [0.1, 0.15) is 11.4 Å². The Hall–Kier alpha value is -1.14. The maximum absolute atomic E-state index is 13.6. The van der Waals surface area contributed by atoms with Crippen molar-refractivity contribution in [3.63, 3.8) is 0 Å². The minimum atomic E-state index is -0.550. The van der Waals surface area contributed by atoms with Crippen molar-refractivity contribution in [2.24, 2.45) is 5.73 Å². The zero-order valence-electron chi connectivity index (χ0n) is 11.9. The number of carbonyl (C=O) groups excluding carboxylic acids is 1. The minimum Gasteiger partial charge on any atom is -0.444 e. The molecule has 1 atom stereocenters. The number of amides is 1. The quantitative estimate of drug-likeness (QED) is 0.880. The summed E-state index contributed by atoms with van der Waals surface area (Å²) in [6.45, 7) is 5.57. The van der Waals surface area contributed by atoms with Crippen LogP contribution < -0.4 is 11.1 Å². The molecule has 0 aliphatic rings. The number of nitrogens with two attached hydrogens (primary N) is 1. The maximum Gasteiger partial charge on any atom is 0.407 e. The molecule has 0 saturated heterocycles. The first-order valence-electron chi connectivity index (χ1n) is 6.34. The van der Waals surface area contributed by atoms with Crippen LogP contribution in [0.1, 0.15) is 26.3 Å². The first-order chi connectivity index (χ1) is 9.17. The molecular weight excluding hydrogens is 327 g/mol. The molecule has 1 rings (SSSR count). The molecule has 1 amide bonds. The Balaban J connectivity index is 2.44. The van der Waals surface area contributed by atoms with Crippen molar-refractivity contribution in [1.29, 1.82) is 0 Å². The van der Waals surface area contributed by atoms with Crippen molar-refractivity contribution in [2.45, 2.75) is 38.8 Å². The fourth-order valence-corrected chi connectivity index (χ4v) is 1.90. The van der Waals surface area contributed by atoms with Gasteiger partial charge in [-0.3, -0.25) is 0 Å². The Kier molecular flexibility index (Phi) is 5.95. The van der Waals surface area contributed by atoms with E-state index >= 15 is 0 Å². The Morgan fingerprint density at radius 3 is 2.70 bits per heavy atom. The van der Waals surface area contributed by atoms with E-state index in [9.17, 15) is 9.18 Å². The molecule has 3 N–H and O–H groups in total. The summed E-state index contributed by atoms with van der Waals surface area (Å²) in [6.07, 6.45) is -0.182. The molecule has 0 bridgehead atoms. The van der Waals surface area contributed by atoms with Crippen LogP contribution in [0.4, 0.5) is 9.18 Å². The van der Waals surface area contributed by atoms with E-state index in [1.807, 2.05) is 0 Å². The smallest absolute Gasteiger partial charge is 0.407 e. The van der Waals surface area contributed by atoms with E-state index in [4.69, 9.17) is 10.5 Å². The highest BCUT2D eigenvalue weighted by molar-refractivity contribution is 9.10. The lowest BCUT2D eigenvalue weighted by atomic mass is 10.1. The van der Waals surface area contributed by atoms with E-state index in [0.29, 0.717) is 16.5 Å². The van der Waals surface area contributed by atoms with Crippen molar-refractivity contribution >= 4 is 22.0 Å². The third-order valence-electron chi connectivity index (χ3n) is 2.40. The zero-order chi connectivity index (χ0) is 15.3. The van der Waals surface area contributed by atoms with Gasteiger partial charge in [-0.05, 0) is 44.9 Å². The number of alkyl carbamates (subject to hydrolysis) is 1.